The molecule has 0 spiro atoms. The van der Waals surface area contributed by atoms with Crippen molar-refractivity contribution in [2.75, 3.05) is 20.3 Å². The normalized spacial score (nSPS) is 32.4. The van der Waals surface area contributed by atoms with Crippen molar-refractivity contribution in [3.63, 3.8) is 0 Å². The fourth-order valence-corrected chi connectivity index (χ4v) is 2.72. The lowest BCUT2D eigenvalue weighted by molar-refractivity contribution is 0.0832. The monoisotopic (exact) mass is 211 g/mol. The summed E-state index contributed by atoms with van der Waals surface area (Å²) >= 11 is 0. The van der Waals surface area contributed by atoms with Crippen molar-refractivity contribution in [2.45, 2.75) is 45.1 Å². The Balaban J connectivity index is 1.63. The van der Waals surface area contributed by atoms with E-state index >= 15 is 0 Å². The second kappa shape index (κ2) is 5.31. The third-order valence-corrected chi connectivity index (χ3v) is 4.23. The number of hydrogen-bond acceptors (Lipinski definition) is 2. The lowest BCUT2D eigenvalue weighted by Crippen LogP contribution is -2.39. The van der Waals surface area contributed by atoms with E-state index in [4.69, 9.17) is 4.74 Å². The zero-order chi connectivity index (χ0) is 10.7. The minimum absolute atomic E-state index is 0.852. The standard InChI is InChI=1S/C13H25NO/c1-10(7-8-15-2)13-6-3-11(13)9-14-12-4-5-12/h10-14H,3-9H2,1-2H3. The van der Waals surface area contributed by atoms with Gasteiger partial charge in [-0.1, -0.05) is 6.92 Å². The summed E-state index contributed by atoms with van der Waals surface area (Å²) in [6, 6.07) is 0.875. The summed E-state index contributed by atoms with van der Waals surface area (Å²) in [7, 11) is 1.81. The molecule has 2 nitrogen and oxygen atoms in total. The molecule has 2 rings (SSSR count). The van der Waals surface area contributed by atoms with E-state index in [0.29, 0.717) is 0 Å². The third kappa shape index (κ3) is 3.18. The molecule has 0 aromatic carbocycles. The number of ether oxygens (including phenoxy) is 1. The van der Waals surface area contributed by atoms with Crippen molar-refractivity contribution >= 4 is 0 Å². The van der Waals surface area contributed by atoms with Gasteiger partial charge in [-0.2, -0.15) is 0 Å². The van der Waals surface area contributed by atoms with Crippen LogP contribution < -0.4 is 5.32 Å². The van der Waals surface area contributed by atoms with Crippen molar-refractivity contribution in [1.82, 2.24) is 5.32 Å². The van der Waals surface area contributed by atoms with E-state index in [2.05, 4.69) is 12.2 Å². The zero-order valence-corrected chi connectivity index (χ0v) is 10.2. The molecule has 2 heteroatoms. The van der Waals surface area contributed by atoms with Gasteiger partial charge in [-0.15, -0.1) is 0 Å². The fourth-order valence-electron chi connectivity index (χ4n) is 2.72. The summed E-state index contributed by atoms with van der Waals surface area (Å²) in [6.45, 7) is 4.60. The van der Waals surface area contributed by atoms with E-state index in [0.717, 1.165) is 30.4 Å². The van der Waals surface area contributed by atoms with Crippen LogP contribution in [0.4, 0.5) is 0 Å². The van der Waals surface area contributed by atoms with Gasteiger partial charge in [-0.25, -0.2) is 0 Å². The molecule has 3 atom stereocenters. The molecule has 0 radical (unpaired) electrons. The number of hydrogen-bond donors (Lipinski definition) is 1. The molecule has 0 aliphatic heterocycles. The molecule has 2 aliphatic rings. The summed E-state index contributed by atoms with van der Waals surface area (Å²) in [5.41, 5.74) is 0. The van der Waals surface area contributed by atoms with Gasteiger partial charge in [0.1, 0.15) is 0 Å². The maximum absolute atomic E-state index is 5.16. The molecule has 0 amide bonds. The summed E-state index contributed by atoms with van der Waals surface area (Å²) in [5.74, 6) is 2.77. The predicted octanol–water partition coefficient (Wildman–Crippen LogP) is 2.44. The van der Waals surface area contributed by atoms with Crippen molar-refractivity contribution < 1.29 is 4.74 Å². The Hall–Kier alpha value is -0.0800. The van der Waals surface area contributed by atoms with Gasteiger partial charge in [0.15, 0.2) is 0 Å². The van der Waals surface area contributed by atoms with Gasteiger partial charge in [0.2, 0.25) is 0 Å². The molecule has 0 heterocycles. The van der Waals surface area contributed by atoms with Crippen LogP contribution >= 0.6 is 0 Å². The van der Waals surface area contributed by atoms with Crippen LogP contribution in [0.3, 0.4) is 0 Å². The topological polar surface area (TPSA) is 21.3 Å². The lowest BCUT2D eigenvalue weighted by Gasteiger charge is -2.41. The molecule has 88 valence electrons. The van der Waals surface area contributed by atoms with Crippen LogP contribution in [0.25, 0.3) is 0 Å². The van der Waals surface area contributed by atoms with Gasteiger partial charge in [-0.05, 0) is 56.4 Å². The van der Waals surface area contributed by atoms with E-state index in [9.17, 15) is 0 Å². The first-order chi connectivity index (χ1) is 7.31. The summed E-state index contributed by atoms with van der Waals surface area (Å²) < 4.78 is 5.16. The van der Waals surface area contributed by atoms with Crippen molar-refractivity contribution in [2.24, 2.45) is 17.8 Å². The Morgan fingerprint density at radius 1 is 1.27 bits per heavy atom. The minimum atomic E-state index is 0.852. The quantitative estimate of drug-likeness (QED) is 0.698. The van der Waals surface area contributed by atoms with Crippen LogP contribution in [0.5, 0.6) is 0 Å². The third-order valence-electron chi connectivity index (χ3n) is 4.23. The van der Waals surface area contributed by atoms with Gasteiger partial charge >= 0.3 is 0 Å². The highest BCUT2D eigenvalue weighted by atomic mass is 16.5. The van der Waals surface area contributed by atoms with Crippen LogP contribution in [0.1, 0.15) is 39.0 Å². The zero-order valence-electron chi connectivity index (χ0n) is 10.2. The number of methoxy groups -OCH3 is 1. The molecule has 3 unspecified atom stereocenters. The predicted molar refractivity (Wildman–Crippen MR) is 62.9 cm³/mol. The van der Waals surface area contributed by atoms with Crippen LogP contribution in [-0.4, -0.2) is 26.3 Å². The first kappa shape index (κ1) is 11.4. The highest BCUT2D eigenvalue weighted by Gasteiger charge is 2.35. The SMILES string of the molecule is COCCC(C)C1CCC1CNC1CC1. The minimum Gasteiger partial charge on any atom is -0.385 e. The number of rotatable bonds is 7. The van der Waals surface area contributed by atoms with Crippen molar-refractivity contribution in [1.29, 1.82) is 0 Å². The molecule has 2 saturated carbocycles. The first-order valence-electron chi connectivity index (χ1n) is 6.53. The van der Waals surface area contributed by atoms with Crippen molar-refractivity contribution in [3.05, 3.63) is 0 Å². The van der Waals surface area contributed by atoms with Crippen LogP contribution in [0, 0.1) is 17.8 Å². The Labute approximate surface area is 93.8 Å². The summed E-state index contributed by atoms with van der Waals surface area (Å²) in [5, 5.41) is 3.67. The van der Waals surface area contributed by atoms with E-state index in [-0.39, 0.29) is 0 Å². The molecule has 0 saturated heterocycles. The Bertz CT molecular complexity index is 191. The Morgan fingerprint density at radius 2 is 2.07 bits per heavy atom. The average Bonchev–Trinajstić information content (AvgIpc) is 2.97. The van der Waals surface area contributed by atoms with E-state index in [1.807, 2.05) is 0 Å². The molecule has 2 fully saturated rings. The molecular formula is C13H25NO. The van der Waals surface area contributed by atoms with Crippen molar-refractivity contribution in [3.8, 4) is 0 Å². The van der Waals surface area contributed by atoms with Crippen LogP contribution in [-0.2, 0) is 4.74 Å². The van der Waals surface area contributed by atoms with Gasteiger partial charge in [-0.3, -0.25) is 0 Å². The van der Waals surface area contributed by atoms with E-state index in [1.54, 1.807) is 7.11 Å². The second-order valence-electron chi connectivity index (χ2n) is 5.44. The second-order valence-corrected chi connectivity index (χ2v) is 5.44. The maximum Gasteiger partial charge on any atom is 0.0464 e. The first-order valence-corrected chi connectivity index (χ1v) is 6.53. The van der Waals surface area contributed by atoms with Gasteiger partial charge in [0.05, 0.1) is 0 Å². The molecule has 0 aromatic heterocycles. The summed E-state index contributed by atoms with van der Waals surface area (Å²) in [6.07, 6.45) is 6.96. The molecule has 0 aromatic rings. The molecule has 0 bridgehead atoms. The van der Waals surface area contributed by atoms with E-state index < -0.39 is 0 Å². The van der Waals surface area contributed by atoms with Crippen LogP contribution in [0.2, 0.25) is 0 Å². The highest BCUT2D eigenvalue weighted by Crippen LogP contribution is 2.40. The highest BCUT2D eigenvalue weighted by molar-refractivity contribution is 4.89. The van der Waals surface area contributed by atoms with Gasteiger partial charge in [0.25, 0.3) is 0 Å². The summed E-state index contributed by atoms with van der Waals surface area (Å²) in [4.78, 5) is 0. The smallest absolute Gasteiger partial charge is 0.0464 e. The molecular weight excluding hydrogens is 186 g/mol. The van der Waals surface area contributed by atoms with Crippen LogP contribution in [0.15, 0.2) is 0 Å². The molecule has 2 aliphatic carbocycles. The average molecular weight is 211 g/mol. The van der Waals surface area contributed by atoms with Gasteiger partial charge < -0.3 is 10.1 Å². The lowest BCUT2D eigenvalue weighted by atomic mass is 9.67. The molecule has 15 heavy (non-hydrogen) atoms. The van der Waals surface area contributed by atoms with E-state index in [1.165, 1.54) is 38.6 Å². The maximum atomic E-state index is 5.16. The number of nitrogens with one attached hydrogen (secondary N) is 1. The van der Waals surface area contributed by atoms with Gasteiger partial charge in [0, 0.05) is 19.8 Å². The fraction of sp³-hybridized carbons (Fsp3) is 1.00. The Kier molecular flexibility index (Phi) is 4.04. The Morgan fingerprint density at radius 3 is 2.60 bits per heavy atom. The molecule has 1 N–H and O–H groups in total. The largest absolute Gasteiger partial charge is 0.385 e.